The Balaban J connectivity index is 2.22. The summed E-state index contributed by atoms with van der Waals surface area (Å²) in [6, 6.07) is 0. The highest BCUT2D eigenvalue weighted by atomic mass is 14.5. The van der Waals surface area contributed by atoms with Gasteiger partial charge in [0.1, 0.15) is 0 Å². The van der Waals surface area contributed by atoms with Crippen LogP contribution < -0.4 is 0 Å². The Labute approximate surface area is 107 Å². The molecule has 2 aliphatic carbocycles. The fraction of sp³-hybridized carbons (Fsp3) is 0.765. The van der Waals surface area contributed by atoms with E-state index in [9.17, 15) is 0 Å². The molecule has 0 spiro atoms. The molecule has 2 rings (SSSR count). The average Bonchev–Trinajstić information content (AvgIpc) is 2.86. The van der Waals surface area contributed by atoms with Gasteiger partial charge in [0.05, 0.1) is 0 Å². The van der Waals surface area contributed by atoms with E-state index in [0.29, 0.717) is 5.41 Å². The van der Waals surface area contributed by atoms with E-state index in [1.807, 2.05) is 0 Å². The minimum atomic E-state index is 0.576. The first-order valence-electron chi connectivity index (χ1n) is 7.69. The standard InChI is InChI=1S/C17H28/c1-3-9-15-12-7-8-14-17(15,13-4-2)16-10-5-6-11-16/h5-6,10,15H,3-4,7-9,11-14H2,1-2H3. The molecule has 2 unspecified atom stereocenters. The molecule has 0 N–H and O–H groups in total. The zero-order valence-corrected chi connectivity index (χ0v) is 11.7. The molecule has 96 valence electrons. The maximum absolute atomic E-state index is 2.43. The van der Waals surface area contributed by atoms with E-state index in [1.54, 1.807) is 5.57 Å². The molecule has 2 atom stereocenters. The third kappa shape index (κ3) is 2.51. The van der Waals surface area contributed by atoms with Crippen LogP contribution in [0.5, 0.6) is 0 Å². The van der Waals surface area contributed by atoms with Crippen LogP contribution in [-0.4, -0.2) is 0 Å². The second-order valence-electron chi connectivity index (χ2n) is 5.96. The summed E-state index contributed by atoms with van der Waals surface area (Å²) in [5, 5.41) is 0. The van der Waals surface area contributed by atoms with Crippen LogP contribution in [0.1, 0.15) is 71.6 Å². The molecule has 0 heterocycles. The first-order valence-corrected chi connectivity index (χ1v) is 7.69. The maximum atomic E-state index is 2.43. The second kappa shape index (κ2) is 5.89. The summed E-state index contributed by atoms with van der Waals surface area (Å²) in [5.41, 5.74) is 2.34. The van der Waals surface area contributed by atoms with Crippen molar-refractivity contribution in [1.29, 1.82) is 0 Å². The Morgan fingerprint density at radius 1 is 1.24 bits per heavy atom. The normalized spacial score (nSPS) is 32.8. The zero-order chi connectivity index (χ0) is 12.1. The highest BCUT2D eigenvalue weighted by Crippen LogP contribution is 2.53. The van der Waals surface area contributed by atoms with E-state index in [0.717, 1.165) is 5.92 Å². The van der Waals surface area contributed by atoms with Gasteiger partial charge in [0.25, 0.3) is 0 Å². The maximum Gasteiger partial charge on any atom is -0.00537 e. The molecule has 0 bridgehead atoms. The SMILES string of the molecule is CCCC1CCCCC1(CCC)C1=CC=CC1. The van der Waals surface area contributed by atoms with Gasteiger partial charge in [-0.1, -0.05) is 63.3 Å². The number of hydrogen-bond acceptors (Lipinski definition) is 0. The lowest BCUT2D eigenvalue weighted by Crippen LogP contribution is -2.35. The van der Waals surface area contributed by atoms with Crippen LogP contribution in [0.3, 0.4) is 0 Å². The molecule has 1 fully saturated rings. The molecule has 0 saturated heterocycles. The van der Waals surface area contributed by atoms with Crippen LogP contribution in [0.4, 0.5) is 0 Å². The number of rotatable bonds is 5. The Kier molecular flexibility index (Phi) is 4.48. The van der Waals surface area contributed by atoms with E-state index >= 15 is 0 Å². The van der Waals surface area contributed by atoms with E-state index in [1.165, 1.54) is 57.8 Å². The Hall–Kier alpha value is -0.520. The first kappa shape index (κ1) is 12.9. The topological polar surface area (TPSA) is 0 Å². The summed E-state index contributed by atoms with van der Waals surface area (Å²) < 4.78 is 0. The van der Waals surface area contributed by atoms with Gasteiger partial charge in [-0.3, -0.25) is 0 Å². The molecular formula is C17H28. The summed E-state index contributed by atoms with van der Waals surface area (Å²) in [6.07, 6.45) is 19.7. The van der Waals surface area contributed by atoms with Crippen molar-refractivity contribution < 1.29 is 0 Å². The summed E-state index contributed by atoms with van der Waals surface area (Å²) in [7, 11) is 0. The molecule has 0 aromatic carbocycles. The van der Waals surface area contributed by atoms with Crippen molar-refractivity contribution in [2.45, 2.75) is 71.6 Å². The van der Waals surface area contributed by atoms with E-state index in [2.05, 4.69) is 32.1 Å². The summed E-state index contributed by atoms with van der Waals surface area (Å²) in [6.45, 7) is 4.72. The van der Waals surface area contributed by atoms with Crippen molar-refractivity contribution >= 4 is 0 Å². The Morgan fingerprint density at radius 2 is 2.12 bits per heavy atom. The van der Waals surface area contributed by atoms with Gasteiger partial charge in [-0.05, 0) is 43.4 Å². The third-order valence-electron chi connectivity index (χ3n) is 4.95. The lowest BCUT2D eigenvalue weighted by atomic mass is 9.58. The first-order chi connectivity index (χ1) is 8.33. The molecule has 0 radical (unpaired) electrons. The highest BCUT2D eigenvalue weighted by molar-refractivity contribution is 5.30. The van der Waals surface area contributed by atoms with Crippen molar-refractivity contribution in [1.82, 2.24) is 0 Å². The molecule has 0 aliphatic heterocycles. The summed E-state index contributed by atoms with van der Waals surface area (Å²) >= 11 is 0. The van der Waals surface area contributed by atoms with Gasteiger partial charge >= 0.3 is 0 Å². The molecule has 17 heavy (non-hydrogen) atoms. The molecule has 0 nitrogen and oxygen atoms in total. The van der Waals surface area contributed by atoms with Gasteiger partial charge in [-0.25, -0.2) is 0 Å². The van der Waals surface area contributed by atoms with Gasteiger partial charge in [-0.2, -0.15) is 0 Å². The van der Waals surface area contributed by atoms with Gasteiger partial charge in [0.2, 0.25) is 0 Å². The van der Waals surface area contributed by atoms with Crippen LogP contribution in [0, 0.1) is 11.3 Å². The largest absolute Gasteiger partial charge is 0.0804 e. The lowest BCUT2D eigenvalue weighted by Gasteiger charge is -2.46. The monoisotopic (exact) mass is 232 g/mol. The fourth-order valence-corrected chi connectivity index (χ4v) is 4.26. The van der Waals surface area contributed by atoms with Crippen molar-refractivity contribution in [3.8, 4) is 0 Å². The van der Waals surface area contributed by atoms with E-state index in [4.69, 9.17) is 0 Å². The highest BCUT2D eigenvalue weighted by Gasteiger charge is 2.41. The molecule has 0 aromatic rings. The predicted octanol–water partition coefficient (Wildman–Crippen LogP) is 5.65. The van der Waals surface area contributed by atoms with E-state index in [-0.39, 0.29) is 0 Å². The van der Waals surface area contributed by atoms with Gasteiger partial charge in [-0.15, -0.1) is 0 Å². The minimum absolute atomic E-state index is 0.576. The second-order valence-corrected chi connectivity index (χ2v) is 5.96. The average molecular weight is 232 g/mol. The molecule has 0 amide bonds. The number of allylic oxidation sites excluding steroid dienone is 4. The summed E-state index contributed by atoms with van der Waals surface area (Å²) in [5.74, 6) is 0.965. The van der Waals surface area contributed by atoms with Crippen LogP contribution >= 0.6 is 0 Å². The van der Waals surface area contributed by atoms with Gasteiger partial charge in [0.15, 0.2) is 0 Å². The minimum Gasteiger partial charge on any atom is -0.0804 e. The number of hydrogen-bond donors (Lipinski definition) is 0. The van der Waals surface area contributed by atoms with Crippen molar-refractivity contribution in [2.24, 2.45) is 11.3 Å². The smallest absolute Gasteiger partial charge is 0.00537 e. The van der Waals surface area contributed by atoms with Gasteiger partial charge in [0, 0.05) is 0 Å². The molecule has 1 saturated carbocycles. The van der Waals surface area contributed by atoms with Crippen molar-refractivity contribution in [3.63, 3.8) is 0 Å². The van der Waals surface area contributed by atoms with Crippen LogP contribution in [0.15, 0.2) is 23.8 Å². The van der Waals surface area contributed by atoms with Crippen LogP contribution in [0.25, 0.3) is 0 Å². The lowest BCUT2D eigenvalue weighted by molar-refractivity contribution is 0.112. The van der Waals surface area contributed by atoms with Crippen LogP contribution in [-0.2, 0) is 0 Å². The quantitative estimate of drug-likeness (QED) is 0.574. The molecule has 0 aromatic heterocycles. The Morgan fingerprint density at radius 3 is 2.76 bits per heavy atom. The van der Waals surface area contributed by atoms with Gasteiger partial charge < -0.3 is 0 Å². The Bertz CT molecular complexity index is 291. The van der Waals surface area contributed by atoms with Crippen molar-refractivity contribution in [3.05, 3.63) is 23.8 Å². The molecular weight excluding hydrogens is 204 g/mol. The van der Waals surface area contributed by atoms with Crippen molar-refractivity contribution in [2.75, 3.05) is 0 Å². The fourth-order valence-electron chi connectivity index (χ4n) is 4.26. The third-order valence-corrected chi connectivity index (χ3v) is 4.95. The zero-order valence-electron chi connectivity index (χ0n) is 11.7. The predicted molar refractivity (Wildman–Crippen MR) is 76.0 cm³/mol. The van der Waals surface area contributed by atoms with Crippen LogP contribution in [0.2, 0.25) is 0 Å². The van der Waals surface area contributed by atoms with E-state index < -0.39 is 0 Å². The summed E-state index contributed by atoms with van der Waals surface area (Å²) in [4.78, 5) is 0. The molecule has 2 aliphatic rings. The molecule has 0 heteroatoms.